The van der Waals surface area contributed by atoms with Crippen LogP contribution in [-0.2, 0) is 28.6 Å². The summed E-state index contributed by atoms with van der Waals surface area (Å²) in [5, 5.41) is 0. The maximum atomic E-state index is 12.9. The van der Waals surface area contributed by atoms with Crippen molar-refractivity contribution in [1.29, 1.82) is 0 Å². The van der Waals surface area contributed by atoms with Crippen molar-refractivity contribution in [3.63, 3.8) is 0 Å². The third-order valence-electron chi connectivity index (χ3n) is 13.5. The monoisotopic (exact) mass is 993 g/mol. The number of hydrogen-bond donors (Lipinski definition) is 0. The highest BCUT2D eigenvalue weighted by molar-refractivity contribution is 5.71. The summed E-state index contributed by atoms with van der Waals surface area (Å²) in [6.07, 6.45) is 75.2. The number of hydrogen-bond acceptors (Lipinski definition) is 6. The molecule has 6 heteroatoms. The molecule has 0 fully saturated rings. The molecule has 71 heavy (non-hydrogen) atoms. The second-order valence-corrected chi connectivity index (χ2v) is 20.6. The lowest BCUT2D eigenvalue weighted by molar-refractivity contribution is -0.167. The smallest absolute Gasteiger partial charge is 0.306 e. The van der Waals surface area contributed by atoms with Crippen LogP contribution in [0.5, 0.6) is 0 Å². The Hall–Kier alpha value is -2.89. The molecule has 0 aromatic heterocycles. The van der Waals surface area contributed by atoms with Gasteiger partial charge in [0.1, 0.15) is 13.2 Å². The van der Waals surface area contributed by atoms with E-state index in [1.54, 1.807) is 0 Å². The molecule has 0 aromatic rings. The minimum atomic E-state index is -0.789. The summed E-state index contributed by atoms with van der Waals surface area (Å²) in [4.78, 5) is 38.2. The van der Waals surface area contributed by atoms with Crippen LogP contribution in [0.4, 0.5) is 0 Å². The molecule has 0 saturated heterocycles. The van der Waals surface area contributed by atoms with Gasteiger partial charge in [0.15, 0.2) is 6.10 Å². The topological polar surface area (TPSA) is 78.9 Å². The van der Waals surface area contributed by atoms with Gasteiger partial charge in [-0.15, -0.1) is 0 Å². The van der Waals surface area contributed by atoms with Crippen LogP contribution >= 0.6 is 0 Å². The predicted molar refractivity (Wildman–Crippen MR) is 307 cm³/mol. The van der Waals surface area contributed by atoms with Crippen LogP contribution in [0.25, 0.3) is 0 Å². The van der Waals surface area contributed by atoms with E-state index in [4.69, 9.17) is 14.2 Å². The van der Waals surface area contributed by atoms with Crippen LogP contribution in [0.15, 0.2) is 60.8 Å². The summed E-state index contributed by atoms with van der Waals surface area (Å²) in [6, 6.07) is 0. The van der Waals surface area contributed by atoms with Crippen molar-refractivity contribution in [1.82, 2.24) is 0 Å². The number of carbonyl (C=O) groups is 3. The highest BCUT2D eigenvalue weighted by Gasteiger charge is 2.19. The quantitative estimate of drug-likeness (QED) is 0.0261. The van der Waals surface area contributed by atoms with Crippen LogP contribution in [-0.4, -0.2) is 37.2 Å². The van der Waals surface area contributed by atoms with E-state index in [1.165, 1.54) is 180 Å². The minimum absolute atomic E-state index is 0.0842. The second-order valence-electron chi connectivity index (χ2n) is 20.6. The number of allylic oxidation sites excluding steroid dienone is 10. The molecule has 0 amide bonds. The summed E-state index contributed by atoms with van der Waals surface area (Å²) >= 11 is 0. The van der Waals surface area contributed by atoms with E-state index in [9.17, 15) is 14.4 Å². The van der Waals surface area contributed by atoms with Gasteiger partial charge in [-0.3, -0.25) is 14.4 Å². The molecule has 0 aliphatic rings. The summed E-state index contributed by atoms with van der Waals surface area (Å²) in [7, 11) is 0. The van der Waals surface area contributed by atoms with Crippen molar-refractivity contribution < 1.29 is 28.6 Å². The molecular formula is C65H116O6. The summed E-state index contributed by atoms with van der Waals surface area (Å²) < 4.78 is 16.9. The van der Waals surface area contributed by atoms with E-state index in [0.717, 1.165) is 96.3 Å². The third-order valence-corrected chi connectivity index (χ3v) is 13.5. The van der Waals surface area contributed by atoms with Crippen molar-refractivity contribution in [2.24, 2.45) is 0 Å². The Morgan fingerprint density at radius 2 is 0.549 bits per heavy atom. The molecule has 0 aliphatic carbocycles. The predicted octanol–water partition coefficient (Wildman–Crippen LogP) is 20.8. The molecule has 0 aliphatic heterocycles. The Labute approximate surface area is 440 Å². The molecule has 6 nitrogen and oxygen atoms in total. The van der Waals surface area contributed by atoms with Gasteiger partial charge < -0.3 is 14.2 Å². The fourth-order valence-corrected chi connectivity index (χ4v) is 8.90. The van der Waals surface area contributed by atoms with Gasteiger partial charge in [0, 0.05) is 19.3 Å². The fraction of sp³-hybridized carbons (Fsp3) is 0.800. The molecule has 0 N–H and O–H groups in total. The highest BCUT2D eigenvalue weighted by atomic mass is 16.6. The first-order chi connectivity index (χ1) is 35.0. The van der Waals surface area contributed by atoms with Crippen molar-refractivity contribution in [2.75, 3.05) is 13.2 Å². The van der Waals surface area contributed by atoms with E-state index in [1.807, 2.05) is 0 Å². The van der Waals surface area contributed by atoms with Crippen molar-refractivity contribution in [3.05, 3.63) is 60.8 Å². The first-order valence-electron chi connectivity index (χ1n) is 30.8. The third kappa shape index (κ3) is 57.9. The number of ether oxygens (including phenoxy) is 3. The van der Waals surface area contributed by atoms with E-state index >= 15 is 0 Å². The Morgan fingerprint density at radius 3 is 0.901 bits per heavy atom. The maximum absolute atomic E-state index is 12.9. The molecule has 0 bridgehead atoms. The van der Waals surface area contributed by atoms with Gasteiger partial charge in [-0.05, 0) is 83.5 Å². The van der Waals surface area contributed by atoms with Crippen molar-refractivity contribution in [2.45, 2.75) is 322 Å². The van der Waals surface area contributed by atoms with E-state index in [0.29, 0.717) is 19.3 Å². The van der Waals surface area contributed by atoms with Crippen LogP contribution in [0.2, 0.25) is 0 Å². The number of esters is 3. The van der Waals surface area contributed by atoms with Crippen molar-refractivity contribution >= 4 is 17.9 Å². The molecule has 0 heterocycles. The zero-order valence-electron chi connectivity index (χ0n) is 47.2. The Balaban J connectivity index is 4.30. The average molecular weight is 994 g/mol. The first-order valence-corrected chi connectivity index (χ1v) is 30.8. The van der Waals surface area contributed by atoms with E-state index in [2.05, 4.69) is 81.5 Å². The second kappa shape index (κ2) is 59.7. The number of carbonyl (C=O) groups excluding carboxylic acids is 3. The molecule has 0 rings (SSSR count). The van der Waals surface area contributed by atoms with Crippen LogP contribution in [0, 0.1) is 0 Å². The lowest BCUT2D eigenvalue weighted by Crippen LogP contribution is -2.30. The van der Waals surface area contributed by atoms with Crippen LogP contribution < -0.4 is 0 Å². The Bertz CT molecular complexity index is 1280. The zero-order valence-corrected chi connectivity index (χ0v) is 47.2. The van der Waals surface area contributed by atoms with Crippen LogP contribution in [0.1, 0.15) is 316 Å². The molecule has 1 unspecified atom stereocenters. The standard InChI is InChI=1S/C65H116O6/c1-4-7-10-13-16-19-22-25-27-29-30-31-32-33-34-36-37-40-43-46-49-52-55-58-64(67)70-61-62(60-69-63(66)57-54-51-48-45-42-39-24-21-18-15-12-9-6-3)71-65(68)59-56-53-50-47-44-41-38-35-28-26-23-20-17-14-11-8-5-2/h9,12,17-18,20-21,26,28,39,42,62H,4-8,10-11,13-16,19,22-25,27,29-38,40-41,43-61H2,1-3H3/b12-9-,20-17-,21-18-,28-26-,42-39-. The van der Waals surface area contributed by atoms with E-state index in [-0.39, 0.29) is 31.1 Å². The molecule has 0 saturated carbocycles. The van der Waals surface area contributed by atoms with Gasteiger partial charge in [0.2, 0.25) is 0 Å². The Morgan fingerprint density at radius 1 is 0.296 bits per heavy atom. The fourth-order valence-electron chi connectivity index (χ4n) is 8.90. The van der Waals surface area contributed by atoms with Gasteiger partial charge in [0.25, 0.3) is 0 Å². The van der Waals surface area contributed by atoms with Gasteiger partial charge >= 0.3 is 17.9 Å². The van der Waals surface area contributed by atoms with Crippen LogP contribution in [0.3, 0.4) is 0 Å². The summed E-state index contributed by atoms with van der Waals surface area (Å²) in [5.74, 6) is -0.908. The number of unbranched alkanes of at least 4 members (excludes halogenated alkanes) is 35. The van der Waals surface area contributed by atoms with Gasteiger partial charge in [-0.2, -0.15) is 0 Å². The minimum Gasteiger partial charge on any atom is -0.462 e. The van der Waals surface area contributed by atoms with Gasteiger partial charge in [-0.25, -0.2) is 0 Å². The SMILES string of the molecule is CC/C=C\C/C=C\C/C=C\CCCCCC(=O)OCC(COC(=O)CCCCCCCCCCCCCCCCCCCCCCCCC)OC(=O)CCCCCCCCC/C=C\C/C=C\CCCCC. The number of rotatable bonds is 56. The summed E-state index contributed by atoms with van der Waals surface area (Å²) in [6.45, 7) is 6.51. The average Bonchev–Trinajstić information content (AvgIpc) is 3.37. The lowest BCUT2D eigenvalue weighted by atomic mass is 10.0. The molecule has 412 valence electrons. The maximum Gasteiger partial charge on any atom is 0.306 e. The zero-order chi connectivity index (χ0) is 51.4. The first kappa shape index (κ1) is 68.1. The molecule has 0 aromatic carbocycles. The molecule has 0 radical (unpaired) electrons. The largest absolute Gasteiger partial charge is 0.462 e. The lowest BCUT2D eigenvalue weighted by Gasteiger charge is -2.18. The summed E-state index contributed by atoms with van der Waals surface area (Å²) in [5.41, 5.74) is 0. The van der Waals surface area contributed by atoms with Gasteiger partial charge in [-0.1, -0.05) is 274 Å². The highest BCUT2D eigenvalue weighted by Crippen LogP contribution is 2.17. The normalized spacial score (nSPS) is 12.4. The molecule has 1 atom stereocenters. The Kier molecular flexibility index (Phi) is 57.2. The van der Waals surface area contributed by atoms with E-state index < -0.39 is 6.10 Å². The molecule has 0 spiro atoms. The molecular weight excluding hydrogens is 877 g/mol. The van der Waals surface area contributed by atoms with Gasteiger partial charge in [0.05, 0.1) is 0 Å². The van der Waals surface area contributed by atoms with Crippen molar-refractivity contribution in [3.8, 4) is 0 Å².